The number of nitriles is 1. The third-order valence-electron chi connectivity index (χ3n) is 2.43. The van der Waals surface area contributed by atoms with Crippen molar-refractivity contribution in [3.05, 3.63) is 29.3 Å². The molecule has 118 valence electrons. The number of hydrogen-bond donors (Lipinski definition) is 0. The van der Waals surface area contributed by atoms with E-state index in [9.17, 15) is 13.6 Å². The molecule has 0 N–H and O–H groups in total. The minimum Gasteiger partial charge on any atom is -0.490 e. The van der Waals surface area contributed by atoms with Crippen molar-refractivity contribution in [3.63, 3.8) is 0 Å². The lowest BCUT2D eigenvalue weighted by Crippen LogP contribution is -2.08. The van der Waals surface area contributed by atoms with E-state index in [0.29, 0.717) is 0 Å². The lowest BCUT2D eigenvalue weighted by Gasteiger charge is -2.13. The van der Waals surface area contributed by atoms with E-state index in [1.165, 1.54) is 18.2 Å². The lowest BCUT2D eigenvalue weighted by atomic mass is 10.1. The number of carbonyl (C=O) groups excluding carboxylic acids is 1. The van der Waals surface area contributed by atoms with Crippen molar-refractivity contribution in [2.75, 3.05) is 13.2 Å². The molecule has 0 fully saturated rings. The Morgan fingerprint density at radius 3 is 2.64 bits per heavy atom. The highest BCUT2D eigenvalue weighted by Gasteiger charge is 2.17. The van der Waals surface area contributed by atoms with Crippen LogP contribution in [0.1, 0.15) is 19.4 Å². The first-order valence-electron chi connectivity index (χ1n) is 6.53. The molecular formula is C15H15F2NO4. The van der Waals surface area contributed by atoms with E-state index in [-0.39, 0.29) is 35.8 Å². The van der Waals surface area contributed by atoms with E-state index in [1.54, 1.807) is 19.9 Å². The van der Waals surface area contributed by atoms with E-state index in [4.69, 9.17) is 14.7 Å². The van der Waals surface area contributed by atoms with Crippen LogP contribution in [0.15, 0.2) is 23.8 Å². The summed E-state index contributed by atoms with van der Waals surface area (Å²) in [6.45, 7) is 0.552. The second kappa shape index (κ2) is 8.62. The first kappa shape index (κ1) is 17.4. The van der Waals surface area contributed by atoms with E-state index in [2.05, 4.69) is 4.74 Å². The maximum absolute atomic E-state index is 12.6. The molecule has 0 unspecified atom stereocenters. The van der Waals surface area contributed by atoms with Crippen LogP contribution in [0.4, 0.5) is 8.78 Å². The van der Waals surface area contributed by atoms with Gasteiger partial charge in [0, 0.05) is 5.56 Å². The molecule has 22 heavy (non-hydrogen) atoms. The summed E-state index contributed by atoms with van der Waals surface area (Å²) in [4.78, 5) is 11.6. The number of nitrogens with zero attached hydrogens (tertiary/aromatic N) is 1. The van der Waals surface area contributed by atoms with Crippen LogP contribution >= 0.6 is 0 Å². The molecule has 5 nitrogen and oxygen atoms in total. The van der Waals surface area contributed by atoms with E-state index in [1.807, 2.05) is 0 Å². The van der Waals surface area contributed by atoms with Crippen LogP contribution in [-0.2, 0) is 9.53 Å². The molecule has 0 radical (unpaired) electrons. The van der Waals surface area contributed by atoms with Crippen LogP contribution in [0.5, 0.6) is 11.5 Å². The summed E-state index contributed by atoms with van der Waals surface area (Å²) in [6.07, 6.45) is 1.12. The molecule has 1 aromatic rings. The van der Waals surface area contributed by atoms with Crippen LogP contribution in [0, 0.1) is 11.3 Å². The summed E-state index contributed by atoms with van der Waals surface area (Å²) in [6, 6.07) is 6.09. The fraction of sp³-hybridized carbons (Fsp3) is 0.333. The molecule has 0 atom stereocenters. The van der Waals surface area contributed by atoms with Gasteiger partial charge in [-0.3, -0.25) is 0 Å². The number of alkyl halides is 2. The third-order valence-corrected chi connectivity index (χ3v) is 2.43. The van der Waals surface area contributed by atoms with Gasteiger partial charge in [0.2, 0.25) is 0 Å². The van der Waals surface area contributed by atoms with Crippen molar-refractivity contribution in [1.82, 2.24) is 0 Å². The van der Waals surface area contributed by atoms with Gasteiger partial charge < -0.3 is 14.2 Å². The predicted octanol–water partition coefficient (Wildman–Crippen LogP) is 3.16. The van der Waals surface area contributed by atoms with E-state index >= 15 is 0 Å². The van der Waals surface area contributed by atoms with Gasteiger partial charge in [-0.25, -0.2) is 4.79 Å². The van der Waals surface area contributed by atoms with Gasteiger partial charge in [0.25, 0.3) is 0 Å². The quantitative estimate of drug-likeness (QED) is 0.439. The Morgan fingerprint density at radius 2 is 2.09 bits per heavy atom. The van der Waals surface area contributed by atoms with Gasteiger partial charge in [-0.2, -0.15) is 14.0 Å². The highest BCUT2D eigenvalue weighted by atomic mass is 19.3. The normalized spacial score (nSPS) is 11.0. The highest BCUT2D eigenvalue weighted by molar-refractivity contribution is 5.98. The first-order valence-corrected chi connectivity index (χ1v) is 6.53. The molecule has 0 amide bonds. The summed E-state index contributed by atoms with van der Waals surface area (Å²) >= 11 is 0. The molecule has 0 aliphatic heterocycles. The summed E-state index contributed by atoms with van der Waals surface area (Å²) in [7, 11) is 0. The predicted molar refractivity (Wildman–Crippen MR) is 74.5 cm³/mol. The maximum Gasteiger partial charge on any atom is 0.387 e. The fourth-order valence-corrected chi connectivity index (χ4v) is 1.63. The van der Waals surface area contributed by atoms with Crippen LogP contribution in [0.25, 0.3) is 6.08 Å². The Labute approximate surface area is 126 Å². The average Bonchev–Trinajstić information content (AvgIpc) is 2.47. The molecule has 0 aromatic heterocycles. The van der Waals surface area contributed by atoms with Crippen molar-refractivity contribution in [1.29, 1.82) is 5.26 Å². The number of halogens is 2. The molecule has 1 rings (SSSR count). The third kappa shape index (κ3) is 4.74. The van der Waals surface area contributed by atoms with Crippen molar-refractivity contribution < 1.29 is 27.8 Å². The van der Waals surface area contributed by atoms with Crippen LogP contribution in [0.3, 0.4) is 0 Å². The number of carbonyl (C=O) groups is 1. The van der Waals surface area contributed by atoms with Crippen molar-refractivity contribution >= 4 is 12.0 Å². The highest BCUT2D eigenvalue weighted by Crippen LogP contribution is 2.34. The van der Waals surface area contributed by atoms with Crippen molar-refractivity contribution in [2.45, 2.75) is 20.5 Å². The molecule has 1 aromatic carbocycles. The molecule has 0 heterocycles. The number of rotatable bonds is 7. The van der Waals surface area contributed by atoms with Gasteiger partial charge in [-0.1, -0.05) is 12.1 Å². The number of ether oxygens (including phenoxy) is 3. The second-order valence-corrected chi connectivity index (χ2v) is 3.88. The van der Waals surface area contributed by atoms with Crippen molar-refractivity contribution in [3.8, 4) is 17.6 Å². The molecule has 7 heteroatoms. The molecule has 0 aliphatic carbocycles. The van der Waals surface area contributed by atoms with Gasteiger partial charge in [-0.05, 0) is 26.0 Å². The second-order valence-electron chi connectivity index (χ2n) is 3.88. The molecule has 0 aliphatic rings. The molecule has 0 spiro atoms. The fourth-order valence-electron chi connectivity index (χ4n) is 1.63. The number of esters is 1. The molecule has 0 saturated heterocycles. The minimum absolute atomic E-state index is 0.0945. The summed E-state index contributed by atoms with van der Waals surface area (Å²) in [5, 5.41) is 8.99. The smallest absolute Gasteiger partial charge is 0.387 e. The molecular weight excluding hydrogens is 296 g/mol. The van der Waals surface area contributed by atoms with Crippen LogP contribution < -0.4 is 9.47 Å². The summed E-state index contributed by atoms with van der Waals surface area (Å²) < 4.78 is 39.5. The summed E-state index contributed by atoms with van der Waals surface area (Å²) in [5.74, 6) is -0.982. The number of hydrogen-bond acceptors (Lipinski definition) is 5. The zero-order chi connectivity index (χ0) is 16.5. The molecule has 0 saturated carbocycles. The largest absolute Gasteiger partial charge is 0.490 e. The van der Waals surface area contributed by atoms with E-state index < -0.39 is 12.6 Å². The minimum atomic E-state index is -3.07. The monoisotopic (exact) mass is 311 g/mol. The number of para-hydroxylation sites is 1. The van der Waals surface area contributed by atoms with Gasteiger partial charge in [0.05, 0.1) is 13.2 Å². The first-order chi connectivity index (χ1) is 10.5. The Balaban J connectivity index is 3.30. The van der Waals surface area contributed by atoms with Crippen molar-refractivity contribution in [2.24, 2.45) is 0 Å². The standard InChI is InChI=1S/C15H15F2NO4/c1-3-20-12-7-5-6-10(13(12)22-15(16)17)8-11(9-18)14(19)21-4-2/h5-8,15H,3-4H2,1-2H3/b11-8-. The van der Waals surface area contributed by atoms with Crippen LogP contribution in [-0.4, -0.2) is 25.8 Å². The Hall–Kier alpha value is -2.62. The average molecular weight is 311 g/mol. The Bertz CT molecular complexity index is 594. The van der Waals surface area contributed by atoms with Gasteiger partial charge in [-0.15, -0.1) is 0 Å². The maximum atomic E-state index is 12.6. The lowest BCUT2D eigenvalue weighted by molar-refractivity contribution is -0.137. The number of benzene rings is 1. The van der Waals surface area contributed by atoms with E-state index in [0.717, 1.165) is 6.08 Å². The zero-order valence-corrected chi connectivity index (χ0v) is 12.1. The van der Waals surface area contributed by atoms with Gasteiger partial charge >= 0.3 is 12.6 Å². The molecule has 0 bridgehead atoms. The Morgan fingerprint density at radius 1 is 1.36 bits per heavy atom. The van der Waals surface area contributed by atoms with Crippen LogP contribution in [0.2, 0.25) is 0 Å². The zero-order valence-electron chi connectivity index (χ0n) is 12.1. The Kier molecular flexibility index (Phi) is 6.83. The topological polar surface area (TPSA) is 68.6 Å². The van der Waals surface area contributed by atoms with Gasteiger partial charge in [0.1, 0.15) is 11.6 Å². The van der Waals surface area contributed by atoms with Gasteiger partial charge in [0.15, 0.2) is 11.5 Å². The summed E-state index contributed by atoms with van der Waals surface area (Å²) in [5.41, 5.74) is -0.203. The SMILES string of the molecule is CCOC(=O)/C(C#N)=C\c1cccc(OCC)c1OC(F)F.